The maximum atomic E-state index is 11.2. The highest BCUT2D eigenvalue weighted by Gasteiger charge is 2.24. The fourth-order valence-corrected chi connectivity index (χ4v) is 4.31. The number of nitrogens with one attached hydrogen (secondary N) is 1. The van der Waals surface area contributed by atoms with E-state index in [9.17, 15) is 4.79 Å². The second-order valence-electron chi connectivity index (χ2n) is 7.25. The molecule has 27 heavy (non-hydrogen) atoms. The molecule has 0 saturated carbocycles. The van der Waals surface area contributed by atoms with Gasteiger partial charge >= 0.3 is 0 Å². The second-order valence-corrected chi connectivity index (χ2v) is 8.16. The van der Waals surface area contributed by atoms with Gasteiger partial charge in [-0.3, -0.25) is 4.98 Å². The van der Waals surface area contributed by atoms with Crippen LogP contribution < -0.4 is 5.32 Å². The molecule has 1 aliphatic rings. The molecule has 5 heteroatoms. The number of rotatable bonds is 5. The first-order valence-electron chi connectivity index (χ1n) is 9.14. The number of halogens is 1. The van der Waals surface area contributed by atoms with Crippen molar-refractivity contribution in [1.29, 1.82) is 0 Å². The highest BCUT2D eigenvalue weighted by Crippen LogP contribution is 2.37. The molecule has 3 aromatic rings. The van der Waals surface area contributed by atoms with Crippen molar-refractivity contribution < 1.29 is 4.79 Å². The lowest BCUT2D eigenvalue weighted by Gasteiger charge is -2.20. The summed E-state index contributed by atoms with van der Waals surface area (Å²) in [6.07, 6.45) is 5.31. The van der Waals surface area contributed by atoms with E-state index in [0.717, 1.165) is 51.4 Å². The molecule has 4 nitrogen and oxygen atoms in total. The predicted molar refractivity (Wildman–Crippen MR) is 114 cm³/mol. The molecule has 0 bridgehead atoms. The number of pyridine rings is 1. The third-order valence-corrected chi connectivity index (χ3v) is 5.79. The zero-order chi connectivity index (χ0) is 19.0. The Morgan fingerprint density at radius 2 is 2.11 bits per heavy atom. The average molecular weight is 424 g/mol. The van der Waals surface area contributed by atoms with E-state index in [0.29, 0.717) is 12.5 Å². The minimum atomic E-state index is 0.339. The molecule has 1 N–H and O–H groups in total. The van der Waals surface area contributed by atoms with E-state index in [1.165, 1.54) is 11.1 Å². The maximum absolute atomic E-state index is 11.2. The fourth-order valence-electron chi connectivity index (χ4n) is 3.95. The Labute approximate surface area is 167 Å². The first-order valence-corrected chi connectivity index (χ1v) is 9.93. The van der Waals surface area contributed by atoms with E-state index in [2.05, 4.69) is 69.5 Å². The highest BCUT2D eigenvalue weighted by atomic mass is 79.9. The first-order chi connectivity index (χ1) is 13.1. The largest absolute Gasteiger partial charge is 0.355 e. The highest BCUT2D eigenvalue weighted by molar-refractivity contribution is 9.10. The van der Waals surface area contributed by atoms with Crippen molar-refractivity contribution in [3.8, 4) is 0 Å². The van der Waals surface area contributed by atoms with Crippen molar-refractivity contribution in [2.24, 2.45) is 0 Å². The molecule has 1 heterocycles. The molecule has 0 fully saturated rings. The minimum Gasteiger partial charge on any atom is -0.355 e. The van der Waals surface area contributed by atoms with Gasteiger partial charge in [-0.15, -0.1) is 0 Å². The molecule has 0 amide bonds. The van der Waals surface area contributed by atoms with E-state index in [4.69, 9.17) is 0 Å². The standard InChI is InChI=1S/C22H22BrN3O/c1-26(2)21-8-3-14-11-17(5-6-18(14)21)25-22-15(9-10-27)13-24-20-7-4-16(23)12-19(20)22/h4-7,10-13,21H,3,8-9H2,1-2H3,(H,24,25). The lowest BCUT2D eigenvalue weighted by atomic mass is 10.0. The van der Waals surface area contributed by atoms with Gasteiger partial charge in [0.05, 0.1) is 11.2 Å². The molecular weight excluding hydrogens is 402 g/mol. The van der Waals surface area contributed by atoms with Crippen LogP contribution in [0.2, 0.25) is 0 Å². The number of carbonyl (C=O) groups excluding carboxylic acids is 1. The Kier molecular flexibility index (Phi) is 4.98. The van der Waals surface area contributed by atoms with Crippen LogP contribution in [-0.4, -0.2) is 30.3 Å². The van der Waals surface area contributed by atoms with Crippen LogP contribution in [0, 0.1) is 0 Å². The van der Waals surface area contributed by atoms with Crippen LogP contribution in [0.3, 0.4) is 0 Å². The molecule has 0 spiro atoms. The molecule has 0 saturated heterocycles. The molecule has 4 rings (SSSR count). The zero-order valence-corrected chi connectivity index (χ0v) is 17.1. The van der Waals surface area contributed by atoms with Crippen molar-refractivity contribution in [3.05, 3.63) is 63.8 Å². The van der Waals surface area contributed by atoms with Crippen molar-refractivity contribution >= 4 is 44.5 Å². The molecular formula is C22H22BrN3O. The van der Waals surface area contributed by atoms with E-state index in [-0.39, 0.29) is 0 Å². The molecule has 138 valence electrons. The van der Waals surface area contributed by atoms with Crippen LogP contribution in [0.15, 0.2) is 47.1 Å². The van der Waals surface area contributed by atoms with E-state index < -0.39 is 0 Å². The number of anilines is 2. The van der Waals surface area contributed by atoms with Crippen molar-refractivity contribution in [2.45, 2.75) is 25.3 Å². The van der Waals surface area contributed by atoms with Gasteiger partial charge in [-0.05, 0) is 68.4 Å². The Balaban J connectivity index is 1.76. The third-order valence-electron chi connectivity index (χ3n) is 5.29. The summed E-state index contributed by atoms with van der Waals surface area (Å²) in [6, 6.07) is 13.1. The van der Waals surface area contributed by atoms with Gasteiger partial charge in [0.25, 0.3) is 0 Å². The molecule has 1 unspecified atom stereocenters. The lowest BCUT2D eigenvalue weighted by Crippen LogP contribution is -2.17. The fraction of sp³-hybridized carbons (Fsp3) is 0.273. The SMILES string of the molecule is CN(C)C1CCc2cc(Nc3c(CC=O)cnc4ccc(Br)cc34)ccc21. The average Bonchev–Trinajstić information content (AvgIpc) is 3.07. The number of carbonyl (C=O) groups is 1. The molecule has 1 atom stereocenters. The van der Waals surface area contributed by atoms with Crippen LogP contribution in [-0.2, 0) is 17.6 Å². The molecule has 0 aliphatic heterocycles. The summed E-state index contributed by atoms with van der Waals surface area (Å²) in [4.78, 5) is 18.0. The molecule has 1 aromatic heterocycles. The summed E-state index contributed by atoms with van der Waals surface area (Å²) >= 11 is 3.55. The number of hydrogen-bond acceptors (Lipinski definition) is 4. The number of aldehydes is 1. The molecule has 1 aliphatic carbocycles. The van der Waals surface area contributed by atoms with Crippen LogP contribution in [0.4, 0.5) is 11.4 Å². The number of benzene rings is 2. The van der Waals surface area contributed by atoms with Crippen molar-refractivity contribution in [1.82, 2.24) is 9.88 Å². The summed E-state index contributed by atoms with van der Waals surface area (Å²) in [5.41, 5.74) is 6.63. The smallest absolute Gasteiger partial charge is 0.124 e. The Morgan fingerprint density at radius 1 is 1.26 bits per heavy atom. The number of aromatic nitrogens is 1. The normalized spacial score (nSPS) is 15.9. The third kappa shape index (κ3) is 3.49. The van der Waals surface area contributed by atoms with Gasteiger partial charge in [0, 0.05) is 39.8 Å². The monoisotopic (exact) mass is 423 g/mol. The maximum Gasteiger partial charge on any atom is 0.124 e. The van der Waals surface area contributed by atoms with E-state index >= 15 is 0 Å². The Morgan fingerprint density at radius 3 is 2.89 bits per heavy atom. The molecule has 2 aromatic carbocycles. The van der Waals surface area contributed by atoms with Gasteiger partial charge in [0.15, 0.2) is 0 Å². The van der Waals surface area contributed by atoms with E-state index in [1.807, 2.05) is 12.1 Å². The Bertz CT molecular complexity index is 1020. The second kappa shape index (κ2) is 7.41. The van der Waals surface area contributed by atoms with Crippen LogP contribution in [0.5, 0.6) is 0 Å². The zero-order valence-electron chi connectivity index (χ0n) is 15.5. The predicted octanol–water partition coefficient (Wildman–Crippen LogP) is 5.03. The van der Waals surface area contributed by atoms with Crippen molar-refractivity contribution in [3.63, 3.8) is 0 Å². The number of hydrogen-bond donors (Lipinski definition) is 1. The number of fused-ring (bicyclic) bond motifs is 2. The van der Waals surface area contributed by atoms with Crippen LogP contribution in [0.25, 0.3) is 10.9 Å². The topological polar surface area (TPSA) is 45.2 Å². The van der Waals surface area contributed by atoms with E-state index in [1.54, 1.807) is 6.20 Å². The molecule has 0 radical (unpaired) electrons. The lowest BCUT2D eigenvalue weighted by molar-refractivity contribution is -0.107. The van der Waals surface area contributed by atoms with Gasteiger partial charge in [-0.1, -0.05) is 22.0 Å². The summed E-state index contributed by atoms with van der Waals surface area (Å²) in [7, 11) is 4.27. The quantitative estimate of drug-likeness (QED) is 0.584. The number of nitrogens with zero attached hydrogens (tertiary/aromatic N) is 2. The number of aryl methyl sites for hydroxylation is 1. The minimum absolute atomic E-state index is 0.339. The van der Waals surface area contributed by atoms with Crippen molar-refractivity contribution in [2.75, 3.05) is 19.4 Å². The Hall–Kier alpha value is -2.24. The first kappa shape index (κ1) is 18.1. The summed E-state index contributed by atoms with van der Waals surface area (Å²) in [6.45, 7) is 0. The summed E-state index contributed by atoms with van der Waals surface area (Å²) in [5, 5.41) is 4.58. The summed E-state index contributed by atoms with van der Waals surface area (Å²) < 4.78 is 0.992. The van der Waals surface area contributed by atoms with Gasteiger partial charge < -0.3 is 15.0 Å². The van der Waals surface area contributed by atoms with Gasteiger partial charge in [0.2, 0.25) is 0 Å². The van der Waals surface area contributed by atoms with Crippen LogP contribution in [0.1, 0.15) is 29.2 Å². The van der Waals surface area contributed by atoms with Gasteiger partial charge in [0.1, 0.15) is 6.29 Å². The summed E-state index contributed by atoms with van der Waals surface area (Å²) in [5.74, 6) is 0. The van der Waals surface area contributed by atoms with Gasteiger partial charge in [-0.2, -0.15) is 0 Å². The van der Waals surface area contributed by atoms with Gasteiger partial charge in [-0.25, -0.2) is 0 Å². The van der Waals surface area contributed by atoms with Crippen LogP contribution >= 0.6 is 15.9 Å².